The van der Waals surface area contributed by atoms with Crippen LogP contribution in [0.1, 0.15) is 67.2 Å². The minimum Gasteiger partial charge on any atom is -0.507 e. The van der Waals surface area contributed by atoms with Crippen molar-refractivity contribution < 1.29 is 19.0 Å². The van der Waals surface area contributed by atoms with Gasteiger partial charge in [0.1, 0.15) is 23.8 Å². The molecule has 17 heteroatoms. The van der Waals surface area contributed by atoms with Crippen molar-refractivity contribution in [2.24, 2.45) is 0 Å². The van der Waals surface area contributed by atoms with Crippen LogP contribution in [0.3, 0.4) is 0 Å². The average molecular weight is 870 g/mol. The van der Waals surface area contributed by atoms with E-state index in [1.165, 1.54) is 6.07 Å². The van der Waals surface area contributed by atoms with Crippen molar-refractivity contribution in [2.45, 2.75) is 103 Å². The Labute approximate surface area is 362 Å². The van der Waals surface area contributed by atoms with Gasteiger partial charge < -0.3 is 25.2 Å². The molecular weight excluding hydrogens is 818 g/mol. The van der Waals surface area contributed by atoms with Gasteiger partial charge in [-0.05, 0) is 102 Å². The van der Waals surface area contributed by atoms with Crippen molar-refractivity contribution in [3.63, 3.8) is 0 Å². The molecule has 59 heavy (non-hydrogen) atoms. The van der Waals surface area contributed by atoms with Crippen LogP contribution in [0.2, 0.25) is 0 Å². The fraction of sp³-hybridized carbons (Fsp3) is 0.381. The standard InChI is InChI=1S/C22H26FN5O.C20H23N5O2.3ClH/c1-21(2)10-16(11-22(3,4)28-21)29-20-8-7-19(26-27-20)17-6-5-14(9-18(17)23)15-12-24-25-13-15;1-12-7-16(8-13(2)23-12)27-20-6-5-18(24-25-20)17-4-3-14(9-19(17)26)15-10-21-22-11-15;;;/h5-9,12-13,16,28H,10-11H2,1-4H3,(H,24,25);3-6,9-13,16,23,26H,7-8H2,1-2H3,(H,21,22);3*1H. The number of phenols is 1. The molecule has 0 saturated carbocycles. The van der Waals surface area contributed by atoms with Gasteiger partial charge in [0, 0.05) is 82.8 Å². The molecular formula is C42H52Cl3FN10O3. The second-order valence-corrected chi connectivity index (χ2v) is 16.1. The number of phenolic OH excluding ortho intramolecular Hbond substituents is 1. The molecule has 6 heterocycles. The summed E-state index contributed by atoms with van der Waals surface area (Å²) in [6.07, 6.45) is 10.7. The van der Waals surface area contributed by atoms with Gasteiger partial charge in [0.15, 0.2) is 0 Å². The number of piperidine rings is 2. The number of aromatic hydroxyl groups is 1. The summed E-state index contributed by atoms with van der Waals surface area (Å²) >= 11 is 0. The first-order chi connectivity index (χ1) is 26.8. The maximum absolute atomic E-state index is 14.6. The van der Waals surface area contributed by atoms with Gasteiger partial charge in [-0.3, -0.25) is 10.2 Å². The lowest BCUT2D eigenvalue weighted by Gasteiger charge is -2.46. The smallest absolute Gasteiger partial charge is 0.233 e. The number of nitrogens with zero attached hydrogens (tertiary/aromatic N) is 6. The molecule has 4 aromatic heterocycles. The number of nitrogens with one attached hydrogen (secondary N) is 4. The van der Waals surface area contributed by atoms with Gasteiger partial charge in [0.25, 0.3) is 0 Å². The third-order valence-electron chi connectivity index (χ3n) is 9.99. The molecule has 316 valence electrons. The minimum absolute atomic E-state index is 0. The first-order valence-corrected chi connectivity index (χ1v) is 19.0. The van der Waals surface area contributed by atoms with Gasteiger partial charge in [0.2, 0.25) is 11.8 Å². The third-order valence-corrected chi connectivity index (χ3v) is 9.99. The number of H-pyrrole nitrogens is 2. The number of halogens is 4. The molecule has 2 aliphatic rings. The van der Waals surface area contributed by atoms with Crippen molar-refractivity contribution in [3.05, 3.63) is 91.3 Å². The first kappa shape index (κ1) is 46.8. The van der Waals surface area contributed by atoms with Gasteiger partial charge >= 0.3 is 0 Å². The Morgan fingerprint density at radius 3 is 1.58 bits per heavy atom. The number of benzene rings is 2. The number of rotatable bonds is 8. The van der Waals surface area contributed by atoms with Crippen molar-refractivity contribution >= 4 is 37.2 Å². The summed E-state index contributed by atoms with van der Waals surface area (Å²) in [6.45, 7) is 13.0. The summed E-state index contributed by atoms with van der Waals surface area (Å²) in [5, 5.41) is 47.7. The van der Waals surface area contributed by atoms with E-state index >= 15 is 0 Å². The van der Waals surface area contributed by atoms with Crippen LogP contribution in [0.5, 0.6) is 17.5 Å². The molecule has 2 atom stereocenters. The van der Waals surface area contributed by atoms with Gasteiger partial charge in [0.05, 0.1) is 23.8 Å². The zero-order chi connectivity index (χ0) is 39.5. The van der Waals surface area contributed by atoms with Gasteiger partial charge in [-0.1, -0.05) is 12.1 Å². The quantitative estimate of drug-likeness (QED) is 0.0991. The predicted octanol–water partition coefficient (Wildman–Crippen LogP) is 8.77. The second-order valence-electron chi connectivity index (χ2n) is 16.1. The molecule has 8 rings (SSSR count). The first-order valence-electron chi connectivity index (χ1n) is 19.0. The van der Waals surface area contributed by atoms with Gasteiger partial charge in [-0.25, -0.2) is 4.39 Å². The summed E-state index contributed by atoms with van der Waals surface area (Å²) < 4.78 is 26.7. The maximum atomic E-state index is 14.6. The van der Waals surface area contributed by atoms with E-state index in [-0.39, 0.29) is 72.1 Å². The monoisotopic (exact) mass is 868 g/mol. The number of hydrogen-bond acceptors (Lipinski definition) is 11. The van der Waals surface area contributed by atoms with Crippen molar-refractivity contribution in [1.82, 2.24) is 51.4 Å². The minimum atomic E-state index is -0.353. The molecule has 2 fully saturated rings. The molecule has 0 spiro atoms. The normalized spacial score (nSPS) is 19.4. The summed E-state index contributed by atoms with van der Waals surface area (Å²) in [7, 11) is 0. The zero-order valence-corrected chi connectivity index (χ0v) is 36.2. The molecule has 2 unspecified atom stereocenters. The van der Waals surface area contributed by atoms with Crippen LogP contribution in [-0.4, -0.2) is 81.3 Å². The lowest BCUT2D eigenvalue weighted by atomic mass is 9.81. The Bertz CT molecular complexity index is 2180. The van der Waals surface area contributed by atoms with Crippen LogP contribution < -0.4 is 20.1 Å². The Morgan fingerprint density at radius 1 is 0.627 bits per heavy atom. The van der Waals surface area contributed by atoms with Gasteiger partial charge in [-0.15, -0.1) is 57.6 Å². The fourth-order valence-electron chi connectivity index (χ4n) is 7.96. The van der Waals surface area contributed by atoms with Crippen molar-refractivity contribution in [1.29, 1.82) is 0 Å². The van der Waals surface area contributed by atoms with Crippen LogP contribution in [0.25, 0.3) is 44.8 Å². The topological polar surface area (TPSA) is 172 Å². The fourth-order valence-corrected chi connectivity index (χ4v) is 7.96. The van der Waals surface area contributed by atoms with Crippen molar-refractivity contribution in [3.8, 4) is 62.3 Å². The number of hydrogen-bond donors (Lipinski definition) is 5. The predicted molar refractivity (Wildman–Crippen MR) is 234 cm³/mol. The summed E-state index contributed by atoms with van der Waals surface area (Å²) in [4.78, 5) is 0. The molecule has 2 aromatic carbocycles. The molecule has 0 radical (unpaired) electrons. The Hall–Kier alpha value is -4.86. The third kappa shape index (κ3) is 12.1. The molecule has 0 bridgehead atoms. The average Bonchev–Trinajstić information content (AvgIpc) is 3.87. The van der Waals surface area contributed by atoms with E-state index in [0.29, 0.717) is 46.4 Å². The van der Waals surface area contributed by atoms with E-state index in [9.17, 15) is 9.50 Å². The number of aromatic amines is 2. The molecule has 6 aromatic rings. The molecule has 13 nitrogen and oxygen atoms in total. The van der Waals surface area contributed by atoms with Crippen molar-refractivity contribution in [2.75, 3.05) is 0 Å². The van der Waals surface area contributed by atoms with Crippen LogP contribution in [0.15, 0.2) is 85.5 Å². The largest absolute Gasteiger partial charge is 0.507 e. The number of aromatic nitrogens is 8. The van der Waals surface area contributed by atoms with Gasteiger partial charge in [-0.2, -0.15) is 10.2 Å². The maximum Gasteiger partial charge on any atom is 0.233 e. The highest BCUT2D eigenvalue weighted by molar-refractivity contribution is 5.86. The van der Waals surface area contributed by atoms with Crippen LogP contribution in [0, 0.1) is 5.82 Å². The number of ether oxygens (including phenoxy) is 2. The molecule has 0 aliphatic carbocycles. The summed E-state index contributed by atoms with van der Waals surface area (Å²) in [5.74, 6) is 0.772. The van der Waals surface area contributed by atoms with Crippen LogP contribution in [0.4, 0.5) is 4.39 Å². The zero-order valence-electron chi connectivity index (χ0n) is 33.8. The van der Waals surface area contributed by atoms with E-state index in [0.717, 1.165) is 47.9 Å². The van der Waals surface area contributed by atoms with E-state index in [1.54, 1.807) is 49.1 Å². The highest BCUT2D eigenvalue weighted by atomic mass is 35.5. The van der Waals surface area contributed by atoms with E-state index in [1.807, 2.05) is 30.3 Å². The van der Waals surface area contributed by atoms with E-state index in [4.69, 9.17) is 9.47 Å². The molecule has 2 saturated heterocycles. The van der Waals surface area contributed by atoms with Crippen LogP contribution in [-0.2, 0) is 0 Å². The van der Waals surface area contributed by atoms with E-state index in [2.05, 4.69) is 93.0 Å². The Kier molecular flexibility index (Phi) is 15.8. The highest BCUT2D eigenvalue weighted by Gasteiger charge is 2.39. The second kappa shape index (κ2) is 19.9. The molecule has 2 aliphatic heterocycles. The lowest BCUT2D eigenvalue weighted by molar-refractivity contribution is 0.0524. The summed E-state index contributed by atoms with van der Waals surface area (Å²) in [5.41, 5.74) is 5.46. The van der Waals surface area contributed by atoms with Crippen LogP contribution >= 0.6 is 37.2 Å². The SMILES string of the molecule is CC1(C)CC(Oc2ccc(-c3ccc(-c4cn[nH]c4)cc3F)nn2)CC(C)(C)N1.CC1CC(Oc2ccc(-c3ccc(-c4cn[nH]c4)cc3O)nn2)CC(C)N1.Cl.Cl.Cl. The molecule has 0 amide bonds. The molecule has 5 N–H and O–H groups in total. The Morgan fingerprint density at radius 2 is 1.12 bits per heavy atom. The summed E-state index contributed by atoms with van der Waals surface area (Å²) in [6, 6.07) is 18.5. The van der Waals surface area contributed by atoms with E-state index < -0.39 is 0 Å². The Balaban J connectivity index is 0.000000249. The highest BCUT2D eigenvalue weighted by Crippen LogP contribution is 2.34. The lowest BCUT2D eigenvalue weighted by Crippen LogP contribution is -2.60.